The minimum absolute atomic E-state index is 0.0420. The fraction of sp³-hybridized carbons (Fsp3) is 0.300. The molecule has 1 atom stereocenters. The number of benzene rings is 2. The summed E-state index contributed by atoms with van der Waals surface area (Å²) >= 11 is 12.0. The van der Waals surface area contributed by atoms with Crippen LogP contribution < -0.4 is 10.2 Å². The topological polar surface area (TPSA) is 53.9 Å². The van der Waals surface area contributed by atoms with E-state index in [1.807, 2.05) is 42.2 Å². The lowest BCUT2D eigenvalue weighted by molar-refractivity contribution is -0.917. The maximum atomic E-state index is 12.6. The molecule has 0 aromatic heterocycles. The number of halogens is 2. The predicted octanol–water partition coefficient (Wildman–Crippen LogP) is 2.36. The summed E-state index contributed by atoms with van der Waals surface area (Å²) in [7, 11) is 0. The standard InChI is InChI=1S/C20H21Cl2N3O2/c1-14(19(26)23-18-12-16(21)11-17(22)13-18)24-7-9-25(10-8-24)20(27)15-5-3-2-4-6-15/h2-6,11-14H,7-10H2,1H3,(H,23,26)/p+1/t14-/m1/s1. The largest absolute Gasteiger partial charge is 0.327 e. The third-order valence-corrected chi connectivity index (χ3v) is 5.29. The molecule has 7 heteroatoms. The number of quaternary nitrogens is 1. The van der Waals surface area contributed by atoms with Gasteiger partial charge in [0, 0.05) is 21.3 Å². The molecule has 3 rings (SSSR count). The van der Waals surface area contributed by atoms with Crippen molar-refractivity contribution in [1.82, 2.24) is 4.90 Å². The van der Waals surface area contributed by atoms with Gasteiger partial charge in [0.05, 0.1) is 26.2 Å². The Hall–Kier alpha value is -2.08. The highest BCUT2D eigenvalue weighted by atomic mass is 35.5. The first-order chi connectivity index (χ1) is 12.9. The Morgan fingerprint density at radius 2 is 1.63 bits per heavy atom. The summed E-state index contributed by atoms with van der Waals surface area (Å²) in [5, 5.41) is 3.83. The van der Waals surface area contributed by atoms with Crippen molar-refractivity contribution in [3.8, 4) is 0 Å². The van der Waals surface area contributed by atoms with Crippen LogP contribution in [0.25, 0.3) is 0 Å². The molecule has 2 N–H and O–H groups in total. The van der Waals surface area contributed by atoms with Gasteiger partial charge in [-0.25, -0.2) is 0 Å². The second kappa shape index (κ2) is 8.74. The van der Waals surface area contributed by atoms with E-state index >= 15 is 0 Å². The van der Waals surface area contributed by atoms with Crippen LogP contribution in [-0.2, 0) is 4.79 Å². The van der Waals surface area contributed by atoms with E-state index in [-0.39, 0.29) is 17.9 Å². The fourth-order valence-electron chi connectivity index (χ4n) is 3.26. The van der Waals surface area contributed by atoms with Crippen LogP contribution in [0.2, 0.25) is 10.0 Å². The highest BCUT2D eigenvalue weighted by Gasteiger charge is 2.31. The number of anilines is 1. The van der Waals surface area contributed by atoms with E-state index in [9.17, 15) is 9.59 Å². The molecule has 142 valence electrons. The van der Waals surface area contributed by atoms with Gasteiger partial charge in [0.15, 0.2) is 6.04 Å². The molecular formula is C20H22Cl2N3O2+. The quantitative estimate of drug-likeness (QED) is 0.818. The van der Waals surface area contributed by atoms with E-state index in [1.54, 1.807) is 18.2 Å². The van der Waals surface area contributed by atoms with E-state index in [2.05, 4.69) is 5.32 Å². The zero-order valence-electron chi connectivity index (χ0n) is 15.0. The summed E-state index contributed by atoms with van der Waals surface area (Å²) in [6, 6.07) is 14.0. The normalized spacial score (nSPS) is 16.0. The Kier molecular flexibility index (Phi) is 6.37. The Bertz CT molecular complexity index is 801. The molecule has 2 aromatic carbocycles. The van der Waals surface area contributed by atoms with Crippen LogP contribution in [0.15, 0.2) is 48.5 Å². The molecule has 2 aromatic rings. The Morgan fingerprint density at radius 1 is 1.04 bits per heavy atom. The summed E-state index contributed by atoms with van der Waals surface area (Å²) in [4.78, 5) is 28.1. The first-order valence-electron chi connectivity index (χ1n) is 8.90. The number of hydrogen-bond donors (Lipinski definition) is 2. The molecule has 1 aliphatic heterocycles. The van der Waals surface area contributed by atoms with Crippen molar-refractivity contribution in [3.63, 3.8) is 0 Å². The van der Waals surface area contributed by atoms with Crippen molar-refractivity contribution in [1.29, 1.82) is 0 Å². The van der Waals surface area contributed by atoms with E-state index < -0.39 is 0 Å². The van der Waals surface area contributed by atoms with Crippen LogP contribution in [0.1, 0.15) is 17.3 Å². The van der Waals surface area contributed by atoms with Crippen LogP contribution in [0, 0.1) is 0 Å². The van der Waals surface area contributed by atoms with Gasteiger partial charge in [-0.3, -0.25) is 9.59 Å². The van der Waals surface area contributed by atoms with Crippen molar-refractivity contribution >= 4 is 40.7 Å². The minimum atomic E-state index is -0.239. The van der Waals surface area contributed by atoms with Gasteiger partial charge in [-0.1, -0.05) is 41.4 Å². The van der Waals surface area contributed by atoms with E-state index in [4.69, 9.17) is 23.2 Å². The van der Waals surface area contributed by atoms with Gasteiger partial charge in [0.25, 0.3) is 11.8 Å². The van der Waals surface area contributed by atoms with Crippen molar-refractivity contribution in [2.45, 2.75) is 13.0 Å². The molecule has 1 heterocycles. The van der Waals surface area contributed by atoms with Crippen LogP contribution in [0.4, 0.5) is 5.69 Å². The number of nitrogens with zero attached hydrogens (tertiary/aromatic N) is 1. The molecular weight excluding hydrogens is 385 g/mol. The number of piperazine rings is 1. The molecule has 27 heavy (non-hydrogen) atoms. The van der Waals surface area contributed by atoms with Crippen molar-refractivity contribution in [3.05, 3.63) is 64.1 Å². The van der Waals surface area contributed by atoms with Gasteiger partial charge < -0.3 is 15.1 Å². The number of hydrogen-bond acceptors (Lipinski definition) is 2. The second-order valence-corrected chi connectivity index (χ2v) is 7.56. The number of carbonyl (C=O) groups excluding carboxylic acids is 2. The maximum absolute atomic E-state index is 12.6. The van der Waals surface area contributed by atoms with Crippen LogP contribution >= 0.6 is 23.2 Å². The average molecular weight is 407 g/mol. The lowest BCUT2D eigenvalue weighted by atomic mass is 10.1. The first-order valence-corrected chi connectivity index (χ1v) is 9.65. The molecule has 1 aliphatic rings. The minimum Gasteiger partial charge on any atom is -0.327 e. The number of carbonyl (C=O) groups is 2. The van der Waals surface area contributed by atoms with Gasteiger partial charge in [0.2, 0.25) is 0 Å². The average Bonchev–Trinajstić information content (AvgIpc) is 2.67. The predicted molar refractivity (Wildman–Crippen MR) is 108 cm³/mol. The van der Waals surface area contributed by atoms with Crippen molar-refractivity contribution in [2.75, 3.05) is 31.5 Å². The number of nitrogens with one attached hydrogen (secondary N) is 2. The van der Waals surface area contributed by atoms with Crippen molar-refractivity contribution in [2.24, 2.45) is 0 Å². The Labute approximate surface area is 168 Å². The molecule has 0 spiro atoms. The SMILES string of the molecule is C[C@H](C(=O)Nc1cc(Cl)cc(Cl)c1)[NH+]1CCN(C(=O)c2ccccc2)CC1. The monoisotopic (exact) mass is 406 g/mol. The van der Waals surface area contributed by atoms with Gasteiger partial charge in [-0.15, -0.1) is 0 Å². The Morgan fingerprint density at radius 3 is 2.22 bits per heavy atom. The molecule has 0 radical (unpaired) electrons. The zero-order valence-corrected chi connectivity index (χ0v) is 16.6. The molecule has 0 unspecified atom stereocenters. The van der Waals surface area contributed by atoms with Crippen LogP contribution in [0.5, 0.6) is 0 Å². The maximum Gasteiger partial charge on any atom is 0.282 e. The molecule has 5 nitrogen and oxygen atoms in total. The summed E-state index contributed by atoms with van der Waals surface area (Å²) in [6.07, 6.45) is 0. The lowest BCUT2D eigenvalue weighted by Crippen LogP contribution is -3.19. The zero-order chi connectivity index (χ0) is 19.4. The Balaban J connectivity index is 1.55. The first kappa shape index (κ1) is 19.7. The third kappa shape index (κ3) is 5.01. The van der Waals surface area contributed by atoms with Gasteiger partial charge in [-0.05, 0) is 37.3 Å². The van der Waals surface area contributed by atoms with Gasteiger partial charge in [-0.2, -0.15) is 0 Å². The van der Waals surface area contributed by atoms with Gasteiger partial charge in [0.1, 0.15) is 0 Å². The molecule has 0 saturated carbocycles. The third-order valence-electron chi connectivity index (χ3n) is 4.85. The fourth-order valence-corrected chi connectivity index (χ4v) is 3.78. The number of rotatable bonds is 4. The second-order valence-electron chi connectivity index (χ2n) is 6.69. The van der Waals surface area contributed by atoms with E-state index in [0.29, 0.717) is 34.4 Å². The number of amides is 2. The molecule has 1 fully saturated rings. The summed E-state index contributed by atoms with van der Waals surface area (Å²) in [6.45, 7) is 4.60. The van der Waals surface area contributed by atoms with E-state index in [0.717, 1.165) is 18.0 Å². The van der Waals surface area contributed by atoms with Crippen molar-refractivity contribution < 1.29 is 14.5 Å². The molecule has 0 bridgehead atoms. The lowest BCUT2D eigenvalue weighted by Gasteiger charge is -2.34. The van der Waals surface area contributed by atoms with Crippen LogP contribution in [-0.4, -0.2) is 48.9 Å². The highest BCUT2D eigenvalue weighted by molar-refractivity contribution is 6.35. The summed E-state index contributed by atoms with van der Waals surface area (Å²) in [5.41, 5.74) is 1.28. The molecule has 0 aliphatic carbocycles. The van der Waals surface area contributed by atoms with Crippen LogP contribution in [0.3, 0.4) is 0 Å². The van der Waals surface area contributed by atoms with Gasteiger partial charge >= 0.3 is 0 Å². The van der Waals surface area contributed by atoms with E-state index in [1.165, 1.54) is 0 Å². The molecule has 1 saturated heterocycles. The highest BCUT2D eigenvalue weighted by Crippen LogP contribution is 2.22. The summed E-state index contributed by atoms with van der Waals surface area (Å²) in [5.74, 6) is -0.0495. The summed E-state index contributed by atoms with van der Waals surface area (Å²) < 4.78 is 0. The molecule has 2 amide bonds. The smallest absolute Gasteiger partial charge is 0.282 e.